The van der Waals surface area contributed by atoms with Gasteiger partial charge in [-0.2, -0.15) is 0 Å². The summed E-state index contributed by atoms with van der Waals surface area (Å²) < 4.78 is 21.3. The van der Waals surface area contributed by atoms with E-state index in [1.54, 1.807) is 12.1 Å². The molecule has 1 N–H and O–H groups in total. The molecular formula is C26H31FN4O2S. The van der Waals surface area contributed by atoms with E-state index >= 15 is 0 Å². The first kappa shape index (κ1) is 24.4. The van der Waals surface area contributed by atoms with Crippen molar-refractivity contribution in [1.82, 2.24) is 20.1 Å². The monoisotopic (exact) mass is 482 g/mol. The summed E-state index contributed by atoms with van der Waals surface area (Å²) in [4.78, 5) is 12.9. The molecule has 1 saturated heterocycles. The Kier molecular flexibility index (Phi) is 8.34. The largest absolute Gasteiger partial charge is 0.376 e. The highest BCUT2D eigenvalue weighted by atomic mass is 32.2. The Labute approximate surface area is 204 Å². The van der Waals surface area contributed by atoms with Gasteiger partial charge in [-0.25, -0.2) is 4.39 Å². The van der Waals surface area contributed by atoms with Gasteiger partial charge >= 0.3 is 0 Å². The van der Waals surface area contributed by atoms with Gasteiger partial charge in [-0.15, -0.1) is 10.2 Å². The first-order valence-electron chi connectivity index (χ1n) is 11.8. The number of aromatic nitrogens is 3. The van der Waals surface area contributed by atoms with Gasteiger partial charge in [0.15, 0.2) is 11.0 Å². The number of nitrogens with zero attached hydrogens (tertiary/aromatic N) is 3. The second-order valence-electron chi connectivity index (χ2n) is 9.01. The van der Waals surface area contributed by atoms with Crippen LogP contribution in [0, 0.1) is 11.7 Å². The third-order valence-corrected chi connectivity index (χ3v) is 6.77. The highest BCUT2D eigenvalue weighted by Crippen LogP contribution is 2.27. The summed E-state index contributed by atoms with van der Waals surface area (Å²) in [6, 6.07) is 16.3. The zero-order valence-corrected chi connectivity index (χ0v) is 20.4. The molecule has 0 radical (unpaired) electrons. The van der Waals surface area contributed by atoms with Gasteiger partial charge in [-0.1, -0.05) is 55.9 Å². The van der Waals surface area contributed by atoms with E-state index in [0.717, 1.165) is 37.0 Å². The fraction of sp³-hybridized carbons (Fsp3) is 0.423. The number of ether oxygens (including phenoxy) is 1. The highest BCUT2D eigenvalue weighted by Gasteiger charge is 2.23. The van der Waals surface area contributed by atoms with Crippen molar-refractivity contribution < 1.29 is 13.9 Å². The molecule has 3 aromatic rings. The average Bonchev–Trinajstić information content (AvgIpc) is 3.49. The topological polar surface area (TPSA) is 69.0 Å². The molecule has 2 heterocycles. The molecule has 1 fully saturated rings. The van der Waals surface area contributed by atoms with Crippen molar-refractivity contribution in [2.24, 2.45) is 5.92 Å². The second-order valence-corrected chi connectivity index (χ2v) is 9.95. The van der Waals surface area contributed by atoms with Gasteiger partial charge < -0.3 is 10.1 Å². The first-order valence-corrected chi connectivity index (χ1v) is 12.8. The van der Waals surface area contributed by atoms with Gasteiger partial charge in [-0.3, -0.25) is 9.36 Å². The van der Waals surface area contributed by atoms with Crippen LogP contribution < -0.4 is 5.32 Å². The maximum atomic E-state index is 13.4. The minimum Gasteiger partial charge on any atom is -0.376 e. The molecule has 1 amide bonds. The van der Waals surface area contributed by atoms with Crippen LogP contribution in [-0.2, 0) is 16.1 Å². The van der Waals surface area contributed by atoms with Crippen LogP contribution in [0.25, 0.3) is 11.4 Å². The van der Waals surface area contributed by atoms with E-state index in [1.807, 2.05) is 34.9 Å². The smallest absolute Gasteiger partial charge is 0.230 e. The minimum atomic E-state index is -0.297. The Hall–Kier alpha value is -2.71. The quantitative estimate of drug-likeness (QED) is 0.399. The Morgan fingerprint density at radius 1 is 1.18 bits per heavy atom. The molecule has 0 unspecified atom stereocenters. The number of halogens is 1. The molecular weight excluding hydrogens is 451 g/mol. The fourth-order valence-corrected chi connectivity index (χ4v) is 4.92. The first-order chi connectivity index (χ1) is 16.5. The SMILES string of the molecule is CC(C)C[C@H](NC(=O)CSc1nnc(-c2ccc(F)cc2)n1C[C@@H]1CCCO1)c1ccccc1. The summed E-state index contributed by atoms with van der Waals surface area (Å²) >= 11 is 1.36. The summed E-state index contributed by atoms with van der Waals surface area (Å²) in [6.07, 6.45) is 2.95. The van der Waals surface area contributed by atoms with E-state index in [9.17, 15) is 9.18 Å². The Morgan fingerprint density at radius 2 is 1.94 bits per heavy atom. The number of thioether (sulfide) groups is 1. The van der Waals surface area contributed by atoms with E-state index in [2.05, 4.69) is 29.4 Å². The fourth-order valence-electron chi connectivity index (χ4n) is 4.17. The molecule has 6 nitrogen and oxygen atoms in total. The van der Waals surface area contributed by atoms with Gasteiger partial charge in [0.2, 0.25) is 5.91 Å². The summed E-state index contributed by atoms with van der Waals surface area (Å²) in [7, 11) is 0. The zero-order chi connectivity index (χ0) is 23.9. The predicted molar refractivity (Wildman–Crippen MR) is 132 cm³/mol. The van der Waals surface area contributed by atoms with Crippen LogP contribution in [0.1, 0.15) is 44.7 Å². The number of amides is 1. The van der Waals surface area contributed by atoms with Gasteiger partial charge in [-0.05, 0) is 55.0 Å². The molecule has 0 saturated carbocycles. The van der Waals surface area contributed by atoms with Crippen LogP contribution >= 0.6 is 11.8 Å². The zero-order valence-electron chi connectivity index (χ0n) is 19.6. The Bertz CT molecular complexity index is 1070. The van der Waals surface area contributed by atoms with Crippen LogP contribution in [0.4, 0.5) is 4.39 Å². The highest BCUT2D eigenvalue weighted by molar-refractivity contribution is 7.99. The Morgan fingerprint density at radius 3 is 2.62 bits per heavy atom. The summed E-state index contributed by atoms with van der Waals surface area (Å²) in [6.45, 7) is 5.66. The molecule has 0 spiro atoms. The van der Waals surface area contributed by atoms with Crippen molar-refractivity contribution in [1.29, 1.82) is 0 Å². The van der Waals surface area contributed by atoms with Crippen LogP contribution in [0.3, 0.4) is 0 Å². The van der Waals surface area contributed by atoms with E-state index in [-0.39, 0.29) is 29.6 Å². The van der Waals surface area contributed by atoms with E-state index in [0.29, 0.717) is 23.4 Å². The van der Waals surface area contributed by atoms with Crippen LogP contribution in [0.2, 0.25) is 0 Å². The molecule has 1 aliphatic rings. The molecule has 180 valence electrons. The number of carbonyl (C=O) groups is 1. The van der Waals surface area contributed by atoms with Crippen molar-refractivity contribution in [2.75, 3.05) is 12.4 Å². The Balaban J connectivity index is 1.47. The van der Waals surface area contributed by atoms with Crippen molar-refractivity contribution in [2.45, 2.75) is 57.0 Å². The summed E-state index contributed by atoms with van der Waals surface area (Å²) in [5.74, 6) is 0.990. The second kappa shape index (κ2) is 11.6. The lowest BCUT2D eigenvalue weighted by Crippen LogP contribution is -2.31. The maximum Gasteiger partial charge on any atom is 0.230 e. The lowest BCUT2D eigenvalue weighted by Gasteiger charge is -2.21. The van der Waals surface area contributed by atoms with Gasteiger partial charge in [0.25, 0.3) is 0 Å². The van der Waals surface area contributed by atoms with Crippen LogP contribution in [0.5, 0.6) is 0 Å². The number of nitrogens with one attached hydrogen (secondary N) is 1. The third kappa shape index (κ3) is 6.45. The van der Waals surface area contributed by atoms with Crippen LogP contribution in [0.15, 0.2) is 59.8 Å². The molecule has 2 aromatic carbocycles. The van der Waals surface area contributed by atoms with Crippen molar-refractivity contribution in [3.8, 4) is 11.4 Å². The molecule has 0 aliphatic carbocycles. The van der Waals surface area contributed by atoms with Gasteiger partial charge in [0, 0.05) is 12.2 Å². The summed E-state index contributed by atoms with van der Waals surface area (Å²) in [5, 5.41) is 12.6. The lowest BCUT2D eigenvalue weighted by molar-refractivity contribution is -0.119. The van der Waals surface area contributed by atoms with Crippen molar-refractivity contribution in [3.63, 3.8) is 0 Å². The normalized spacial score (nSPS) is 16.6. The number of rotatable bonds is 10. The minimum absolute atomic E-state index is 0.0335. The number of benzene rings is 2. The third-order valence-electron chi connectivity index (χ3n) is 5.81. The number of hydrogen-bond donors (Lipinski definition) is 1. The lowest BCUT2D eigenvalue weighted by atomic mass is 9.97. The maximum absolute atomic E-state index is 13.4. The van der Waals surface area contributed by atoms with Crippen LogP contribution in [-0.4, -0.2) is 39.1 Å². The predicted octanol–water partition coefficient (Wildman–Crippen LogP) is 5.26. The molecule has 0 bridgehead atoms. The van der Waals surface area contributed by atoms with E-state index in [1.165, 1.54) is 23.9 Å². The molecule has 34 heavy (non-hydrogen) atoms. The van der Waals surface area contributed by atoms with Gasteiger partial charge in [0.1, 0.15) is 5.82 Å². The van der Waals surface area contributed by atoms with Gasteiger partial charge in [0.05, 0.1) is 24.4 Å². The van der Waals surface area contributed by atoms with Crippen molar-refractivity contribution >= 4 is 17.7 Å². The van der Waals surface area contributed by atoms with Crippen molar-refractivity contribution in [3.05, 3.63) is 66.0 Å². The molecule has 4 rings (SSSR count). The molecule has 1 aromatic heterocycles. The molecule has 1 aliphatic heterocycles. The number of carbonyl (C=O) groups excluding carboxylic acids is 1. The number of hydrogen-bond acceptors (Lipinski definition) is 5. The van der Waals surface area contributed by atoms with E-state index in [4.69, 9.17) is 4.74 Å². The summed E-state index contributed by atoms with van der Waals surface area (Å²) in [5.41, 5.74) is 1.89. The average molecular weight is 483 g/mol. The standard InChI is InChI=1S/C26H31FN4O2S/c1-18(2)15-23(19-7-4-3-5-8-19)28-24(32)17-34-26-30-29-25(20-10-12-21(27)13-11-20)31(26)16-22-9-6-14-33-22/h3-5,7-8,10-13,18,22-23H,6,9,14-17H2,1-2H3,(H,28,32)/t22-,23-/m0/s1. The molecule has 2 atom stereocenters. The van der Waals surface area contributed by atoms with E-state index < -0.39 is 0 Å². The molecule has 8 heteroatoms.